The van der Waals surface area contributed by atoms with E-state index >= 15 is 0 Å². The summed E-state index contributed by atoms with van der Waals surface area (Å²) in [4.78, 5) is 12.9. The summed E-state index contributed by atoms with van der Waals surface area (Å²) >= 11 is 0. The van der Waals surface area contributed by atoms with Crippen LogP contribution >= 0.6 is 0 Å². The Bertz CT molecular complexity index is 1020. The third-order valence-corrected chi connectivity index (χ3v) is 7.09. The van der Waals surface area contributed by atoms with Crippen molar-refractivity contribution in [1.29, 1.82) is 0 Å². The minimum Gasteiger partial charge on any atom is -0.497 e. The number of hydrogen-bond acceptors (Lipinski definition) is 5. The first kappa shape index (κ1) is 22.0. The van der Waals surface area contributed by atoms with Gasteiger partial charge in [0.05, 0.1) is 24.2 Å². The van der Waals surface area contributed by atoms with Crippen LogP contribution in [0.3, 0.4) is 0 Å². The third-order valence-electron chi connectivity index (χ3n) is 5.29. The van der Waals surface area contributed by atoms with E-state index in [2.05, 4.69) is 5.32 Å². The summed E-state index contributed by atoms with van der Waals surface area (Å²) in [7, 11) is -2.39. The van der Waals surface area contributed by atoms with Crippen molar-refractivity contribution in [3.63, 3.8) is 0 Å². The Morgan fingerprint density at radius 1 is 1.17 bits per heavy atom. The van der Waals surface area contributed by atoms with Crippen LogP contribution in [0.5, 0.6) is 11.5 Å². The number of amides is 1. The van der Waals surface area contributed by atoms with Crippen molar-refractivity contribution in [3.05, 3.63) is 48.0 Å². The van der Waals surface area contributed by atoms with Gasteiger partial charge < -0.3 is 14.8 Å². The van der Waals surface area contributed by atoms with E-state index in [4.69, 9.17) is 9.47 Å². The zero-order valence-corrected chi connectivity index (χ0v) is 18.7. The molecule has 0 aromatic heterocycles. The monoisotopic (exact) mass is 432 g/mol. The first-order valence-corrected chi connectivity index (χ1v) is 11.3. The molecule has 0 fully saturated rings. The van der Waals surface area contributed by atoms with Gasteiger partial charge in [-0.15, -0.1) is 0 Å². The number of hydrogen-bond donors (Lipinski definition) is 1. The van der Waals surface area contributed by atoms with Gasteiger partial charge in [-0.1, -0.05) is 19.9 Å². The van der Waals surface area contributed by atoms with E-state index in [1.54, 1.807) is 24.3 Å². The highest BCUT2D eigenvalue weighted by molar-refractivity contribution is 7.92. The quantitative estimate of drug-likeness (QED) is 0.758. The number of rotatable bonds is 6. The molecule has 0 radical (unpaired) electrons. The van der Waals surface area contributed by atoms with Crippen molar-refractivity contribution in [3.8, 4) is 11.5 Å². The van der Waals surface area contributed by atoms with Gasteiger partial charge in [-0.3, -0.25) is 9.10 Å². The fourth-order valence-corrected chi connectivity index (χ4v) is 4.55. The number of benzene rings is 2. The Labute approximate surface area is 178 Å². The molecule has 8 heteroatoms. The number of anilines is 1. The lowest BCUT2D eigenvalue weighted by Crippen LogP contribution is -2.52. The Hall–Kier alpha value is -2.74. The van der Waals surface area contributed by atoms with Gasteiger partial charge in [0.2, 0.25) is 0 Å². The van der Waals surface area contributed by atoms with E-state index in [1.807, 2.05) is 33.8 Å². The summed E-state index contributed by atoms with van der Waals surface area (Å²) in [5.74, 6) is 0.831. The molecule has 3 rings (SSSR count). The molecule has 2 atom stereocenters. The van der Waals surface area contributed by atoms with Crippen LogP contribution in [0.25, 0.3) is 0 Å². The van der Waals surface area contributed by atoms with Gasteiger partial charge in [0.25, 0.3) is 15.9 Å². The highest BCUT2D eigenvalue weighted by Gasteiger charge is 2.38. The second kappa shape index (κ2) is 8.55. The summed E-state index contributed by atoms with van der Waals surface area (Å²) in [5.41, 5.74) is 1.32. The summed E-state index contributed by atoms with van der Waals surface area (Å²) in [5, 5.41) is 2.92. The highest BCUT2D eigenvalue weighted by Crippen LogP contribution is 2.38. The fraction of sp³-hybridized carbons (Fsp3) is 0.409. The summed E-state index contributed by atoms with van der Waals surface area (Å²) in [6, 6.07) is 11.4. The van der Waals surface area contributed by atoms with Crippen molar-refractivity contribution >= 4 is 21.6 Å². The smallest absolute Gasteiger partial charge is 0.264 e. The number of ether oxygens (including phenoxy) is 2. The lowest BCUT2D eigenvalue weighted by atomic mass is 10.1. The predicted molar refractivity (Wildman–Crippen MR) is 116 cm³/mol. The maximum atomic E-state index is 13.5. The van der Waals surface area contributed by atoms with Crippen LogP contribution in [0.15, 0.2) is 47.4 Å². The zero-order valence-electron chi connectivity index (χ0n) is 17.9. The van der Waals surface area contributed by atoms with Crippen molar-refractivity contribution < 1.29 is 22.7 Å². The Kier molecular flexibility index (Phi) is 6.26. The number of sulfonamides is 1. The van der Waals surface area contributed by atoms with E-state index in [9.17, 15) is 13.2 Å². The average Bonchev–Trinajstić information content (AvgIpc) is 2.72. The number of fused-ring (bicyclic) bond motifs is 1. The van der Waals surface area contributed by atoms with Gasteiger partial charge in [-0.2, -0.15) is 0 Å². The van der Waals surface area contributed by atoms with E-state index < -0.39 is 16.1 Å². The van der Waals surface area contributed by atoms with Crippen LogP contribution in [-0.2, 0) is 14.8 Å². The standard InChI is InChI=1S/C22H28N2O5S/c1-14(2)16(4)23-22(25)21-13-24(19-12-15(3)6-11-20(19)29-21)30(26,27)18-9-7-17(28-5)8-10-18/h6-12,14,16,21H,13H2,1-5H3,(H,23,25)/t16-,21-/m1/s1. The molecule has 1 aliphatic rings. The lowest BCUT2D eigenvalue weighted by Gasteiger charge is -2.35. The Balaban J connectivity index is 1.99. The molecule has 1 heterocycles. The van der Waals surface area contributed by atoms with Gasteiger partial charge in [0.1, 0.15) is 11.5 Å². The largest absolute Gasteiger partial charge is 0.497 e. The molecule has 1 N–H and O–H groups in total. The number of carbonyl (C=O) groups is 1. The minimum absolute atomic E-state index is 0.0628. The molecule has 0 saturated carbocycles. The number of carbonyl (C=O) groups excluding carboxylic acids is 1. The maximum absolute atomic E-state index is 13.5. The molecule has 1 amide bonds. The summed E-state index contributed by atoms with van der Waals surface area (Å²) < 4.78 is 39.2. The molecule has 162 valence electrons. The van der Waals surface area contributed by atoms with Gasteiger partial charge in [-0.05, 0) is 61.7 Å². The minimum atomic E-state index is -3.91. The van der Waals surface area contributed by atoms with Crippen LogP contribution in [0.1, 0.15) is 26.3 Å². The summed E-state index contributed by atoms with van der Waals surface area (Å²) in [6.07, 6.45) is -0.950. The Morgan fingerprint density at radius 3 is 2.43 bits per heavy atom. The second-order valence-corrected chi connectivity index (χ2v) is 9.69. The molecule has 30 heavy (non-hydrogen) atoms. The third kappa shape index (κ3) is 4.38. The van der Waals surface area contributed by atoms with Crippen LogP contribution in [0.2, 0.25) is 0 Å². The molecule has 2 aromatic carbocycles. The maximum Gasteiger partial charge on any atom is 0.264 e. The van der Waals surface area contributed by atoms with Crippen LogP contribution in [0, 0.1) is 12.8 Å². The fourth-order valence-electron chi connectivity index (χ4n) is 3.08. The SMILES string of the molecule is COc1ccc(S(=O)(=O)N2C[C@H](C(=O)N[C@H](C)C(C)C)Oc3ccc(C)cc32)cc1. The molecule has 0 aliphatic carbocycles. The predicted octanol–water partition coefficient (Wildman–Crippen LogP) is 3.12. The lowest BCUT2D eigenvalue weighted by molar-refractivity contribution is -0.128. The van der Waals surface area contributed by atoms with E-state index in [-0.39, 0.29) is 29.3 Å². The van der Waals surface area contributed by atoms with Crippen molar-refractivity contribution in [2.45, 2.75) is 44.7 Å². The first-order chi connectivity index (χ1) is 14.1. The Morgan fingerprint density at radius 2 is 1.83 bits per heavy atom. The van der Waals surface area contributed by atoms with Crippen LogP contribution in [-0.4, -0.2) is 40.1 Å². The van der Waals surface area contributed by atoms with E-state index in [0.717, 1.165) is 5.56 Å². The topological polar surface area (TPSA) is 84.9 Å². The molecule has 0 saturated heterocycles. The normalized spacial score (nSPS) is 17.1. The zero-order chi connectivity index (χ0) is 22.1. The highest BCUT2D eigenvalue weighted by atomic mass is 32.2. The van der Waals surface area contributed by atoms with Crippen LogP contribution in [0.4, 0.5) is 5.69 Å². The molecule has 0 unspecified atom stereocenters. The van der Waals surface area contributed by atoms with Gasteiger partial charge in [0.15, 0.2) is 6.10 Å². The number of aryl methyl sites for hydroxylation is 1. The van der Waals surface area contributed by atoms with Gasteiger partial charge in [0, 0.05) is 6.04 Å². The van der Waals surface area contributed by atoms with Crippen LogP contribution < -0.4 is 19.1 Å². The molecule has 0 spiro atoms. The van der Waals surface area contributed by atoms with E-state index in [1.165, 1.54) is 23.5 Å². The van der Waals surface area contributed by atoms with Gasteiger partial charge >= 0.3 is 0 Å². The number of nitrogens with one attached hydrogen (secondary N) is 1. The molecule has 7 nitrogen and oxygen atoms in total. The van der Waals surface area contributed by atoms with E-state index in [0.29, 0.717) is 17.2 Å². The van der Waals surface area contributed by atoms with Crippen molar-refractivity contribution in [2.24, 2.45) is 5.92 Å². The average molecular weight is 433 g/mol. The summed E-state index contributed by atoms with van der Waals surface area (Å²) in [6.45, 7) is 7.69. The molecule has 2 aromatic rings. The number of methoxy groups -OCH3 is 1. The molecule has 0 bridgehead atoms. The number of nitrogens with zero attached hydrogens (tertiary/aromatic N) is 1. The molecule has 1 aliphatic heterocycles. The second-order valence-electron chi connectivity index (χ2n) is 7.83. The van der Waals surface area contributed by atoms with Crippen molar-refractivity contribution in [1.82, 2.24) is 5.32 Å². The first-order valence-electron chi connectivity index (χ1n) is 9.88. The van der Waals surface area contributed by atoms with Gasteiger partial charge in [-0.25, -0.2) is 8.42 Å². The molecular formula is C22H28N2O5S. The molecular weight excluding hydrogens is 404 g/mol. The van der Waals surface area contributed by atoms with Crippen molar-refractivity contribution in [2.75, 3.05) is 18.0 Å².